The van der Waals surface area contributed by atoms with Gasteiger partial charge in [0.1, 0.15) is 5.37 Å². The molecule has 1 fully saturated rings. The highest BCUT2D eigenvalue weighted by atomic mass is 35.5. The van der Waals surface area contributed by atoms with Gasteiger partial charge in [-0.2, -0.15) is 0 Å². The van der Waals surface area contributed by atoms with E-state index in [-0.39, 0.29) is 17.2 Å². The van der Waals surface area contributed by atoms with Crippen LogP contribution in [0, 0.1) is 0 Å². The molecule has 4 nitrogen and oxygen atoms in total. The van der Waals surface area contributed by atoms with E-state index in [0.29, 0.717) is 36.0 Å². The highest BCUT2D eigenvalue weighted by molar-refractivity contribution is 8.00. The Bertz CT molecular complexity index is 804. The van der Waals surface area contributed by atoms with E-state index in [1.54, 1.807) is 16.7 Å². The maximum absolute atomic E-state index is 12.5. The van der Waals surface area contributed by atoms with Crippen LogP contribution in [0.15, 0.2) is 48.5 Å². The van der Waals surface area contributed by atoms with Crippen molar-refractivity contribution in [1.29, 1.82) is 0 Å². The summed E-state index contributed by atoms with van der Waals surface area (Å²) in [6, 6.07) is 15.2. The minimum Gasteiger partial charge on any atom is -0.339 e. The average Bonchev–Trinajstić information content (AvgIpc) is 3.05. The van der Waals surface area contributed by atoms with Crippen molar-refractivity contribution in [3.8, 4) is 0 Å². The van der Waals surface area contributed by atoms with Gasteiger partial charge < -0.3 is 9.80 Å². The molecule has 1 atom stereocenters. The molecule has 2 aromatic carbocycles. The number of rotatable bonds is 6. The summed E-state index contributed by atoms with van der Waals surface area (Å²) in [5.74, 6) is 0.640. The molecule has 1 aliphatic rings. The van der Waals surface area contributed by atoms with Crippen molar-refractivity contribution in [2.75, 3.05) is 18.8 Å². The Morgan fingerprint density at radius 2 is 1.74 bits per heavy atom. The largest absolute Gasteiger partial charge is 0.339 e. The van der Waals surface area contributed by atoms with E-state index in [1.165, 1.54) is 0 Å². The van der Waals surface area contributed by atoms with E-state index in [2.05, 4.69) is 0 Å². The third-order valence-corrected chi connectivity index (χ3v) is 6.24. The number of thioether (sulfide) groups is 1. The highest BCUT2D eigenvalue weighted by Crippen LogP contribution is 2.39. The van der Waals surface area contributed by atoms with Crippen LogP contribution < -0.4 is 0 Å². The van der Waals surface area contributed by atoms with E-state index < -0.39 is 0 Å². The first-order valence-corrected chi connectivity index (χ1v) is 10.5. The molecule has 2 amide bonds. The van der Waals surface area contributed by atoms with E-state index >= 15 is 0 Å². The van der Waals surface area contributed by atoms with Gasteiger partial charge in [-0.1, -0.05) is 35.9 Å². The minimum absolute atomic E-state index is 0.0363. The van der Waals surface area contributed by atoms with Gasteiger partial charge in [0.05, 0.1) is 5.75 Å². The van der Waals surface area contributed by atoms with Gasteiger partial charge in [-0.3, -0.25) is 9.59 Å². The predicted octanol–water partition coefficient (Wildman–Crippen LogP) is 4.60. The lowest BCUT2D eigenvalue weighted by molar-refractivity contribution is -0.128. The summed E-state index contributed by atoms with van der Waals surface area (Å²) in [5.41, 5.74) is 2.77. The van der Waals surface area contributed by atoms with Crippen molar-refractivity contribution in [2.45, 2.75) is 25.8 Å². The molecule has 0 N–H and O–H groups in total. The Hall–Kier alpha value is -1.98. The molecule has 142 valence electrons. The lowest BCUT2D eigenvalue weighted by atomic mass is 10.1. The van der Waals surface area contributed by atoms with Crippen molar-refractivity contribution < 1.29 is 9.59 Å². The van der Waals surface area contributed by atoms with Gasteiger partial charge in [-0.05, 0) is 49.2 Å². The van der Waals surface area contributed by atoms with Gasteiger partial charge >= 0.3 is 0 Å². The van der Waals surface area contributed by atoms with Crippen LogP contribution in [0.25, 0.3) is 0 Å². The van der Waals surface area contributed by atoms with Crippen LogP contribution in [0.4, 0.5) is 0 Å². The zero-order valence-corrected chi connectivity index (χ0v) is 17.1. The minimum atomic E-state index is -0.0363. The summed E-state index contributed by atoms with van der Waals surface area (Å²) in [4.78, 5) is 28.5. The van der Waals surface area contributed by atoms with Crippen LogP contribution in [0.5, 0.6) is 0 Å². The van der Waals surface area contributed by atoms with Crippen molar-refractivity contribution >= 4 is 35.2 Å². The van der Waals surface area contributed by atoms with E-state index in [0.717, 1.165) is 11.1 Å². The fraction of sp³-hybridized carbons (Fsp3) is 0.333. The molecule has 1 heterocycles. The van der Waals surface area contributed by atoms with Crippen LogP contribution in [0.1, 0.15) is 40.7 Å². The molecule has 0 bridgehead atoms. The standard InChI is InChI=1S/C21H23ClN2O2S/c1-3-23(4-2)20(26)16-7-9-17(10-8-16)21-24(19(25)14-27-21)13-15-5-11-18(22)12-6-15/h5-12,21H,3-4,13-14H2,1-2H3/t21-/m0/s1. The topological polar surface area (TPSA) is 40.6 Å². The number of nitrogens with zero attached hydrogens (tertiary/aromatic N) is 2. The molecule has 1 saturated heterocycles. The number of benzene rings is 2. The number of carbonyl (C=O) groups is 2. The molecule has 0 radical (unpaired) electrons. The first kappa shape index (κ1) is 19.8. The monoisotopic (exact) mass is 402 g/mol. The molecule has 2 aromatic rings. The molecule has 0 unspecified atom stereocenters. The maximum atomic E-state index is 12.5. The summed E-state index contributed by atoms with van der Waals surface area (Å²) in [5, 5.41) is 0.650. The Morgan fingerprint density at radius 3 is 2.33 bits per heavy atom. The van der Waals surface area contributed by atoms with Crippen molar-refractivity contribution in [1.82, 2.24) is 9.80 Å². The van der Waals surface area contributed by atoms with Crippen molar-refractivity contribution in [3.05, 3.63) is 70.2 Å². The molecule has 0 saturated carbocycles. The normalized spacial score (nSPS) is 16.6. The molecule has 3 rings (SSSR count). The zero-order chi connectivity index (χ0) is 19.4. The summed E-state index contributed by atoms with van der Waals surface area (Å²) in [6.07, 6.45) is 0. The lowest BCUT2D eigenvalue weighted by Crippen LogP contribution is -2.30. The maximum Gasteiger partial charge on any atom is 0.253 e. The predicted molar refractivity (Wildman–Crippen MR) is 111 cm³/mol. The number of hydrogen-bond acceptors (Lipinski definition) is 3. The Morgan fingerprint density at radius 1 is 1.11 bits per heavy atom. The SMILES string of the molecule is CCN(CC)C(=O)c1ccc([C@@H]2SCC(=O)N2Cc2ccc(Cl)cc2)cc1. The summed E-state index contributed by atoms with van der Waals surface area (Å²) in [7, 11) is 0. The van der Waals surface area contributed by atoms with Crippen LogP contribution in [-0.2, 0) is 11.3 Å². The Labute approximate surface area is 169 Å². The first-order chi connectivity index (χ1) is 13.0. The Balaban J connectivity index is 1.77. The zero-order valence-electron chi connectivity index (χ0n) is 15.5. The van der Waals surface area contributed by atoms with Gasteiger partial charge in [0, 0.05) is 30.2 Å². The van der Waals surface area contributed by atoms with Gasteiger partial charge in [-0.15, -0.1) is 11.8 Å². The van der Waals surface area contributed by atoms with Gasteiger partial charge in [-0.25, -0.2) is 0 Å². The number of hydrogen-bond donors (Lipinski definition) is 0. The van der Waals surface area contributed by atoms with E-state index in [9.17, 15) is 9.59 Å². The van der Waals surface area contributed by atoms with Crippen LogP contribution in [0.2, 0.25) is 5.02 Å². The second kappa shape index (κ2) is 8.81. The van der Waals surface area contributed by atoms with Crippen molar-refractivity contribution in [2.24, 2.45) is 0 Å². The van der Waals surface area contributed by atoms with Crippen molar-refractivity contribution in [3.63, 3.8) is 0 Å². The van der Waals surface area contributed by atoms with Gasteiger partial charge in [0.15, 0.2) is 0 Å². The van der Waals surface area contributed by atoms with Crippen LogP contribution >= 0.6 is 23.4 Å². The Kier molecular flexibility index (Phi) is 6.45. The van der Waals surface area contributed by atoms with E-state index in [4.69, 9.17) is 11.6 Å². The molecule has 0 aliphatic carbocycles. The second-order valence-corrected chi connectivity index (χ2v) is 7.92. The molecular weight excluding hydrogens is 380 g/mol. The molecule has 0 aromatic heterocycles. The molecule has 1 aliphatic heterocycles. The molecule has 27 heavy (non-hydrogen) atoms. The average molecular weight is 403 g/mol. The summed E-state index contributed by atoms with van der Waals surface area (Å²) >= 11 is 7.57. The molecule has 0 spiro atoms. The van der Waals surface area contributed by atoms with Crippen LogP contribution in [0.3, 0.4) is 0 Å². The first-order valence-electron chi connectivity index (χ1n) is 9.08. The third kappa shape index (κ3) is 4.47. The molecule has 6 heteroatoms. The highest BCUT2D eigenvalue weighted by Gasteiger charge is 2.32. The van der Waals surface area contributed by atoms with E-state index in [1.807, 2.05) is 67.3 Å². The number of carbonyl (C=O) groups excluding carboxylic acids is 2. The molecular formula is C21H23ClN2O2S. The summed E-state index contributed by atoms with van der Waals surface area (Å²) < 4.78 is 0. The quantitative estimate of drug-likeness (QED) is 0.709. The lowest BCUT2D eigenvalue weighted by Gasteiger charge is -2.25. The smallest absolute Gasteiger partial charge is 0.253 e. The number of halogens is 1. The van der Waals surface area contributed by atoms with Gasteiger partial charge in [0.25, 0.3) is 5.91 Å². The third-order valence-electron chi connectivity index (χ3n) is 4.73. The second-order valence-electron chi connectivity index (χ2n) is 6.41. The number of amides is 2. The summed E-state index contributed by atoms with van der Waals surface area (Å²) in [6.45, 7) is 5.89. The van der Waals surface area contributed by atoms with Gasteiger partial charge in [0.2, 0.25) is 5.91 Å². The fourth-order valence-electron chi connectivity index (χ4n) is 3.17. The van der Waals surface area contributed by atoms with Crippen LogP contribution in [-0.4, -0.2) is 40.5 Å². The fourth-order valence-corrected chi connectivity index (χ4v) is 4.49.